The van der Waals surface area contributed by atoms with Crippen molar-refractivity contribution in [1.82, 2.24) is 9.88 Å². The summed E-state index contributed by atoms with van der Waals surface area (Å²) in [6.45, 7) is 7.25. The van der Waals surface area contributed by atoms with Gasteiger partial charge >= 0.3 is 0 Å². The summed E-state index contributed by atoms with van der Waals surface area (Å²) in [6, 6.07) is 31.7. The molecule has 180 valence electrons. The topological polar surface area (TPSA) is 39.9 Å². The van der Waals surface area contributed by atoms with Crippen LogP contribution < -0.4 is 0 Å². The van der Waals surface area contributed by atoms with Crippen molar-refractivity contribution in [3.05, 3.63) is 101 Å². The van der Waals surface area contributed by atoms with Crippen LogP contribution in [0.1, 0.15) is 61.6 Å². The van der Waals surface area contributed by atoms with Gasteiger partial charge in [0.15, 0.2) is 0 Å². The van der Waals surface area contributed by atoms with Crippen LogP contribution in [0.2, 0.25) is 0 Å². The summed E-state index contributed by atoms with van der Waals surface area (Å²) in [5.74, 6) is 0.575. The molecule has 0 atom stereocenters. The van der Waals surface area contributed by atoms with Crippen molar-refractivity contribution in [2.45, 2.75) is 50.9 Å². The van der Waals surface area contributed by atoms with Gasteiger partial charge in [0.25, 0.3) is 0 Å². The molecule has 1 fully saturated rings. The number of benzene rings is 3. The highest BCUT2D eigenvalue weighted by atomic mass is 32.1. The largest absolute Gasteiger partial charge is 0.303 e. The molecule has 3 nitrogen and oxygen atoms in total. The summed E-state index contributed by atoms with van der Waals surface area (Å²) in [6.07, 6.45) is 4.17. The van der Waals surface area contributed by atoms with Gasteiger partial charge in [-0.1, -0.05) is 86.6 Å². The predicted molar refractivity (Wildman–Crippen MR) is 148 cm³/mol. The van der Waals surface area contributed by atoms with Gasteiger partial charge in [-0.3, -0.25) is 0 Å². The Labute approximate surface area is 214 Å². The Balaban J connectivity index is 0.00000141. The molecule has 0 aliphatic carbocycles. The molecule has 2 heterocycles. The second-order valence-corrected chi connectivity index (χ2v) is 10.1. The predicted octanol–water partition coefficient (Wildman–Crippen LogP) is 7.79. The minimum Gasteiger partial charge on any atom is -0.303 e. The zero-order chi connectivity index (χ0) is 24.5. The Kier molecular flexibility index (Phi) is 8.69. The van der Waals surface area contributed by atoms with E-state index in [1.807, 2.05) is 61.6 Å². The lowest BCUT2D eigenvalue weighted by Crippen LogP contribution is -2.35. The van der Waals surface area contributed by atoms with E-state index in [4.69, 9.17) is 4.98 Å². The molecule has 4 heteroatoms. The minimum atomic E-state index is -0.595. The van der Waals surface area contributed by atoms with Crippen molar-refractivity contribution in [2.24, 2.45) is 0 Å². The monoisotopic (exact) mass is 481 g/mol. The molecule has 4 aromatic rings. The standard InChI is InChI=1S/C29H29N3S.C2H6/c30-22-29(24-10-3-1-4-11-24,25-12-5-2-6-13-25)18-9-19-32-20-16-23(17-21-32)28-31-26-14-7-8-15-27(26)33-28;1-2/h1-8,10-15,23H,9,16-21H2;1-2H3. The molecule has 1 aliphatic heterocycles. The number of likely N-dealkylation sites (tertiary alicyclic amines) is 1. The van der Waals surface area contributed by atoms with E-state index in [0.29, 0.717) is 5.92 Å². The minimum absolute atomic E-state index is 0.575. The number of nitrogens with zero attached hydrogens (tertiary/aromatic N) is 3. The SMILES string of the molecule is CC.N#CC(CCCN1CCC(c2nc3ccccc3s2)CC1)(c1ccccc1)c1ccccc1. The maximum atomic E-state index is 10.4. The molecule has 0 spiro atoms. The Morgan fingerprint density at radius 2 is 1.46 bits per heavy atom. The van der Waals surface area contributed by atoms with Crippen molar-refractivity contribution in [3.8, 4) is 6.07 Å². The van der Waals surface area contributed by atoms with Crippen LogP contribution in [0.3, 0.4) is 0 Å². The highest BCUT2D eigenvalue weighted by Crippen LogP contribution is 2.37. The number of nitriles is 1. The first kappa shape index (κ1) is 25.1. The lowest BCUT2D eigenvalue weighted by Gasteiger charge is -2.33. The molecule has 0 radical (unpaired) electrons. The van der Waals surface area contributed by atoms with Crippen molar-refractivity contribution in [3.63, 3.8) is 0 Å². The third kappa shape index (κ3) is 5.64. The van der Waals surface area contributed by atoms with Crippen molar-refractivity contribution < 1.29 is 0 Å². The summed E-state index contributed by atoms with van der Waals surface area (Å²) in [4.78, 5) is 7.47. The Morgan fingerprint density at radius 3 is 2.03 bits per heavy atom. The van der Waals surface area contributed by atoms with Gasteiger partial charge < -0.3 is 4.90 Å². The van der Waals surface area contributed by atoms with Gasteiger partial charge in [-0.05, 0) is 68.6 Å². The molecular weight excluding hydrogens is 446 g/mol. The number of para-hydroxylation sites is 1. The Bertz CT molecular complexity index is 1150. The number of fused-ring (bicyclic) bond motifs is 1. The molecular formula is C31H35N3S. The Morgan fingerprint density at radius 1 is 0.886 bits per heavy atom. The van der Waals surface area contributed by atoms with Crippen LogP contribution >= 0.6 is 11.3 Å². The van der Waals surface area contributed by atoms with Gasteiger partial charge in [0.2, 0.25) is 0 Å². The normalized spacial score (nSPS) is 14.8. The zero-order valence-electron chi connectivity index (χ0n) is 20.9. The number of aromatic nitrogens is 1. The van der Waals surface area contributed by atoms with Crippen molar-refractivity contribution in [1.29, 1.82) is 5.26 Å². The average Bonchev–Trinajstić information content (AvgIpc) is 3.38. The van der Waals surface area contributed by atoms with Crippen LogP contribution in [0.15, 0.2) is 84.9 Å². The quantitative estimate of drug-likeness (QED) is 0.270. The third-order valence-electron chi connectivity index (χ3n) is 7.00. The fourth-order valence-corrected chi connectivity index (χ4v) is 6.26. The van der Waals surface area contributed by atoms with Gasteiger partial charge in [-0.2, -0.15) is 5.26 Å². The second kappa shape index (κ2) is 12.1. The van der Waals surface area contributed by atoms with E-state index < -0.39 is 5.41 Å². The second-order valence-electron chi connectivity index (χ2n) is 8.99. The molecule has 1 saturated heterocycles. The van der Waals surface area contributed by atoms with Crippen LogP contribution in [0.25, 0.3) is 10.2 Å². The van der Waals surface area contributed by atoms with E-state index in [9.17, 15) is 5.26 Å². The van der Waals surface area contributed by atoms with E-state index in [0.717, 1.165) is 49.1 Å². The van der Waals surface area contributed by atoms with Crippen LogP contribution in [0.4, 0.5) is 0 Å². The van der Waals surface area contributed by atoms with E-state index >= 15 is 0 Å². The summed E-state index contributed by atoms with van der Waals surface area (Å²) >= 11 is 1.86. The average molecular weight is 482 g/mol. The molecule has 0 N–H and O–H groups in total. The number of hydrogen-bond acceptors (Lipinski definition) is 4. The van der Waals surface area contributed by atoms with E-state index in [2.05, 4.69) is 59.5 Å². The third-order valence-corrected chi connectivity index (χ3v) is 8.20. The highest BCUT2D eigenvalue weighted by Gasteiger charge is 2.34. The fraction of sp³-hybridized carbons (Fsp3) is 0.355. The number of rotatable bonds is 7. The molecule has 5 rings (SSSR count). The van der Waals surface area contributed by atoms with Crippen LogP contribution in [-0.4, -0.2) is 29.5 Å². The van der Waals surface area contributed by atoms with Crippen molar-refractivity contribution >= 4 is 21.6 Å². The molecule has 0 bridgehead atoms. The number of piperidine rings is 1. The number of hydrogen-bond donors (Lipinski definition) is 0. The maximum absolute atomic E-state index is 10.4. The zero-order valence-corrected chi connectivity index (χ0v) is 21.7. The van der Waals surface area contributed by atoms with E-state index in [-0.39, 0.29) is 0 Å². The van der Waals surface area contributed by atoms with Crippen LogP contribution in [0.5, 0.6) is 0 Å². The lowest BCUT2D eigenvalue weighted by molar-refractivity contribution is 0.206. The van der Waals surface area contributed by atoms with E-state index in [1.165, 1.54) is 22.5 Å². The van der Waals surface area contributed by atoms with Gasteiger partial charge in [0, 0.05) is 5.92 Å². The summed E-state index contributed by atoms with van der Waals surface area (Å²) < 4.78 is 1.30. The molecule has 35 heavy (non-hydrogen) atoms. The van der Waals surface area contributed by atoms with Crippen LogP contribution in [-0.2, 0) is 5.41 Å². The molecule has 3 aromatic carbocycles. The van der Waals surface area contributed by atoms with Gasteiger partial charge in [0.05, 0.1) is 21.3 Å². The van der Waals surface area contributed by atoms with E-state index in [1.54, 1.807) is 0 Å². The fourth-order valence-electron chi connectivity index (χ4n) is 5.12. The smallest absolute Gasteiger partial charge is 0.107 e. The first-order valence-corrected chi connectivity index (χ1v) is 13.7. The molecule has 0 unspecified atom stereocenters. The summed E-state index contributed by atoms with van der Waals surface area (Å²) in [7, 11) is 0. The summed E-state index contributed by atoms with van der Waals surface area (Å²) in [5.41, 5.74) is 2.72. The van der Waals surface area contributed by atoms with Gasteiger partial charge in [-0.25, -0.2) is 4.98 Å². The van der Waals surface area contributed by atoms with Crippen molar-refractivity contribution in [2.75, 3.05) is 19.6 Å². The van der Waals surface area contributed by atoms with Crippen LogP contribution in [0, 0.1) is 11.3 Å². The van der Waals surface area contributed by atoms with Gasteiger partial charge in [0.1, 0.15) is 5.41 Å². The Hall–Kier alpha value is -3.00. The summed E-state index contributed by atoms with van der Waals surface area (Å²) in [5, 5.41) is 11.7. The molecule has 1 aliphatic rings. The lowest BCUT2D eigenvalue weighted by atomic mass is 9.72. The van der Waals surface area contributed by atoms with Gasteiger partial charge in [-0.15, -0.1) is 11.3 Å². The first-order chi connectivity index (χ1) is 17.3. The molecule has 0 amide bonds. The highest BCUT2D eigenvalue weighted by molar-refractivity contribution is 7.18. The molecule has 1 aromatic heterocycles. The first-order valence-electron chi connectivity index (χ1n) is 12.9. The maximum Gasteiger partial charge on any atom is 0.107 e. The number of thiazole rings is 1. The molecule has 0 saturated carbocycles.